The van der Waals surface area contributed by atoms with Crippen LogP contribution in [0.4, 0.5) is 0 Å². The van der Waals surface area contributed by atoms with Gasteiger partial charge >= 0.3 is 0 Å². The fourth-order valence-corrected chi connectivity index (χ4v) is 2.79. The first-order valence-corrected chi connectivity index (χ1v) is 7.58. The maximum Gasteiger partial charge on any atom is 0.243 e. The van der Waals surface area contributed by atoms with Crippen molar-refractivity contribution in [1.82, 2.24) is 10.2 Å². The molecule has 1 saturated heterocycles. The lowest BCUT2D eigenvalue weighted by atomic mass is 9.97. The van der Waals surface area contributed by atoms with E-state index in [-0.39, 0.29) is 17.7 Å². The molecule has 0 spiro atoms. The highest BCUT2D eigenvalue weighted by molar-refractivity contribution is 5.86. The van der Waals surface area contributed by atoms with E-state index in [1.165, 1.54) is 11.6 Å². The number of primary amides is 1. The van der Waals surface area contributed by atoms with Crippen LogP contribution in [0.15, 0.2) is 36.9 Å². The Balaban J connectivity index is 1.93. The van der Waals surface area contributed by atoms with Gasteiger partial charge in [0.05, 0.1) is 5.92 Å². The van der Waals surface area contributed by atoms with Crippen molar-refractivity contribution in [2.75, 3.05) is 13.1 Å². The Morgan fingerprint density at radius 1 is 1.41 bits per heavy atom. The number of carbonyl (C=O) groups excluding carboxylic acids is 2. The summed E-state index contributed by atoms with van der Waals surface area (Å²) in [6.45, 7) is 6.44. The van der Waals surface area contributed by atoms with Crippen molar-refractivity contribution in [2.45, 2.75) is 25.9 Å². The van der Waals surface area contributed by atoms with Crippen molar-refractivity contribution in [3.05, 3.63) is 48.0 Å². The average Bonchev–Trinajstić information content (AvgIpc) is 2.53. The van der Waals surface area contributed by atoms with Crippen molar-refractivity contribution in [3.8, 4) is 0 Å². The lowest BCUT2D eigenvalue weighted by Crippen LogP contribution is -2.40. The lowest BCUT2D eigenvalue weighted by Gasteiger charge is -2.31. The Morgan fingerprint density at radius 2 is 2.18 bits per heavy atom. The molecular weight excluding hydrogens is 278 g/mol. The van der Waals surface area contributed by atoms with Crippen LogP contribution >= 0.6 is 0 Å². The van der Waals surface area contributed by atoms with E-state index < -0.39 is 0 Å². The first-order valence-electron chi connectivity index (χ1n) is 7.58. The molecule has 0 saturated carbocycles. The summed E-state index contributed by atoms with van der Waals surface area (Å²) >= 11 is 0. The van der Waals surface area contributed by atoms with E-state index in [1.807, 2.05) is 12.1 Å². The molecule has 3 N–H and O–H groups in total. The standard InChI is InChI=1S/C17H23N3O2/c1-2-16(21)19-10-13-5-3-6-14(9-13)11-20-8-4-7-15(12-20)17(18)22/h2-3,5-6,9,15H,1,4,7-8,10-12H2,(H2,18,22)(H,19,21). The van der Waals surface area contributed by atoms with Crippen LogP contribution in [-0.4, -0.2) is 29.8 Å². The topological polar surface area (TPSA) is 75.4 Å². The van der Waals surface area contributed by atoms with Gasteiger partial charge in [-0.1, -0.05) is 30.8 Å². The summed E-state index contributed by atoms with van der Waals surface area (Å²) < 4.78 is 0. The number of hydrogen-bond donors (Lipinski definition) is 2. The zero-order valence-corrected chi connectivity index (χ0v) is 12.8. The van der Waals surface area contributed by atoms with Crippen LogP contribution in [0.5, 0.6) is 0 Å². The normalized spacial score (nSPS) is 18.6. The van der Waals surface area contributed by atoms with Gasteiger partial charge in [0.1, 0.15) is 0 Å². The molecule has 2 amide bonds. The Kier molecular flexibility index (Phi) is 5.72. The molecule has 5 heteroatoms. The van der Waals surface area contributed by atoms with E-state index in [4.69, 9.17) is 5.73 Å². The highest BCUT2D eigenvalue weighted by atomic mass is 16.1. The second-order valence-electron chi connectivity index (χ2n) is 5.72. The highest BCUT2D eigenvalue weighted by Gasteiger charge is 2.23. The summed E-state index contributed by atoms with van der Waals surface area (Å²) in [5.74, 6) is -0.417. The fourth-order valence-electron chi connectivity index (χ4n) is 2.79. The number of amides is 2. The van der Waals surface area contributed by atoms with Gasteiger partial charge in [0.2, 0.25) is 11.8 Å². The van der Waals surface area contributed by atoms with Crippen molar-refractivity contribution in [1.29, 1.82) is 0 Å². The molecule has 0 bridgehead atoms. The minimum atomic E-state index is -0.203. The lowest BCUT2D eigenvalue weighted by molar-refractivity contribution is -0.123. The average molecular weight is 301 g/mol. The number of nitrogens with zero attached hydrogens (tertiary/aromatic N) is 1. The van der Waals surface area contributed by atoms with Crippen LogP contribution in [-0.2, 0) is 22.7 Å². The maximum atomic E-state index is 11.3. The van der Waals surface area contributed by atoms with Gasteiger partial charge in [-0.25, -0.2) is 0 Å². The van der Waals surface area contributed by atoms with Crippen LogP contribution < -0.4 is 11.1 Å². The maximum absolute atomic E-state index is 11.3. The molecule has 1 heterocycles. The number of nitrogens with one attached hydrogen (secondary N) is 1. The number of hydrogen-bond acceptors (Lipinski definition) is 3. The van der Waals surface area contributed by atoms with Crippen molar-refractivity contribution in [2.24, 2.45) is 11.7 Å². The molecule has 0 radical (unpaired) electrons. The fraction of sp³-hybridized carbons (Fsp3) is 0.412. The SMILES string of the molecule is C=CC(=O)NCc1cccc(CN2CCCC(C(N)=O)C2)c1. The largest absolute Gasteiger partial charge is 0.369 e. The first kappa shape index (κ1) is 16.2. The van der Waals surface area contributed by atoms with Gasteiger partial charge in [-0.05, 0) is 36.6 Å². The molecule has 1 aromatic rings. The van der Waals surface area contributed by atoms with Gasteiger partial charge in [0.25, 0.3) is 0 Å². The van der Waals surface area contributed by atoms with E-state index in [9.17, 15) is 9.59 Å². The third-order valence-corrected chi connectivity index (χ3v) is 3.96. The second kappa shape index (κ2) is 7.75. The zero-order valence-electron chi connectivity index (χ0n) is 12.8. The molecule has 0 aliphatic carbocycles. The molecule has 118 valence electrons. The summed E-state index contributed by atoms with van der Waals surface area (Å²) in [5, 5.41) is 2.77. The molecular formula is C17H23N3O2. The van der Waals surface area contributed by atoms with Gasteiger partial charge in [-0.2, -0.15) is 0 Å². The number of carbonyl (C=O) groups is 2. The van der Waals surface area contributed by atoms with Crippen LogP contribution in [0.1, 0.15) is 24.0 Å². The Bertz CT molecular complexity index is 557. The Hall–Kier alpha value is -2.14. The van der Waals surface area contributed by atoms with Crippen LogP contribution in [0.2, 0.25) is 0 Å². The monoisotopic (exact) mass is 301 g/mol. The quantitative estimate of drug-likeness (QED) is 0.775. The zero-order chi connectivity index (χ0) is 15.9. The van der Waals surface area contributed by atoms with E-state index in [0.29, 0.717) is 6.54 Å². The van der Waals surface area contributed by atoms with Gasteiger partial charge in [-0.15, -0.1) is 0 Å². The molecule has 22 heavy (non-hydrogen) atoms. The molecule has 1 fully saturated rings. The smallest absolute Gasteiger partial charge is 0.243 e. The molecule has 1 aliphatic rings. The van der Waals surface area contributed by atoms with E-state index in [0.717, 1.165) is 38.0 Å². The summed E-state index contributed by atoms with van der Waals surface area (Å²) in [6, 6.07) is 8.11. The minimum Gasteiger partial charge on any atom is -0.369 e. The van der Waals surface area contributed by atoms with Gasteiger partial charge in [0.15, 0.2) is 0 Å². The molecule has 1 aliphatic heterocycles. The van der Waals surface area contributed by atoms with Gasteiger partial charge in [0, 0.05) is 19.6 Å². The second-order valence-corrected chi connectivity index (χ2v) is 5.72. The number of piperidine rings is 1. The van der Waals surface area contributed by atoms with Crippen LogP contribution in [0.3, 0.4) is 0 Å². The van der Waals surface area contributed by atoms with Crippen molar-refractivity contribution in [3.63, 3.8) is 0 Å². The molecule has 1 atom stereocenters. The van der Waals surface area contributed by atoms with Crippen LogP contribution in [0.25, 0.3) is 0 Å². The predicted octanol–water partition coefficient (Wildman–Crippen LogP) is 1.19. The Labute approximate surface area is 131 Å². The highest BCUT2D eigenvalue weighted by Crippen LogP contribution is 2.18. The van der Waals surface area contributed by atoms with Crippen LogP contribution in [0, 0.1) is 5.92 Å². The van der Waals surface area contributed by atoms with Crippen molar-refractivity contribution < 1.29 is 9.59 Å². The Morgan fingerprint density at radius 3 is 2.91 bits per heavy atom. The summed E-state index contributed by atoms with van der Waals surface area (Å²) in [6.07, 6.45) is 3.16. The summed E-state index contributed by atoms with van der Waals surface area (Å²) in [4.78, 5) is 24.8. The first-order chi connectivity index (χ1) is 10.6. The van der Waals surface area contributed by atoms with E-state index >= 15 is 0 Å². The molecule has 0 aromatic heterocycles. The predicted molar refractivity (Wildman–Crippen MR) is 85.7 cm³/mol. The molecule has 1 unspecified atom stereocenters. The summed E-state index contributed by atoms with van der Waals surface area (Å²) in [5.41, 5.74) is 7.64. The van der Waals surface area contributed by atoms with E-state index in [1.54, 1.807) is 0 Å². The number of likely N-dealkylation sites (tertiary alicyclic amines) is 1. The van der Waals surface area contributed by atoms with E-state index in [2.05, 4.69) is 28.9 Å². The van der Waals surface area contributed by atoms with Gasteiger partial charge in [-0.3, -0.25) is 14.5 Å². The third-order valence-electron chi connectivity index (χ3n) is 3.96. The number of rotatable bonds is 6. The summed E-state index contributed by atoms with van der Waals surface area (Å²) in [7, 11) is 0. The minimum absolute atomic E-state index is 0.0381. The van der Waals surface area contributed by atoms with Gasteiger partial charge < -0.3 is 11.1 Å². The number of nitrogens with two attached hydrogens (primary N) is 1. The number of benzene rings is 1. The van der Waals surface area contributed by atoms with Crippen molar-refractivity contribution >= 4 is 11.8 Å². The third kappa shape index (κ3) is 4.70. The molecule has 2 rings (SSSR count). The molecule has 1 aromatic carbocycles. The molecule has 5 nitrogen and oxygen atoms in total.